The van der Waals surface area contributed by atoms with E-state index in [0.29, 0.717) is 12.0 Å². The molecule has 2 N–H and O–H groups in total. The minimum atomic E-state index is -0.778. The van der Waals surface area contributed by atoms with Gasteiger partial charge in [-0.3, -0.25) is 4.79 Å². The molecular weight excluding hydrogens is 256 g/mol. The molecule has 0 spiro atoms. The summed E-state index contributed by atoms with van der Waals surface area (Å²) in [4.78, 5) is 13.0. The summed E-state index contributed by atoms with van der Waals surface area (Å²) in [6.07, 6.45) is 5.08. The van der Waals surface area contributed by atoms with Crippen molar-refractivity contribution in [3.05, 3.63) is 0 Å². The molecule has 0 bridgehead atoms. The number of nitrogens with one attached hydrogen (secondary N) is 1. The smallest absolute Gasteiger partial charge is 0.317 e. The molecule has 116 valence electrons. The highest BCUT2D eigenvalue weighted by molar-refractivity contribution is 5.68. The third-order valence-electron chi connectivity index (χ3n) is 4.33. The van der Waals surface area contributed by atoms with Gasteiger partial charge in [0.15, 0.2) is 0 Å². The van der Waals surface area contributed by atoms with Gasteiger partial charge in [0.1, 0.15) is 0 Å². The highest BCUT2D eigenvalue weighted by Crippen LogP contribution is 2.30. The number of carboxylic acids is 1. The summed E-state index contributed by atoms with van der Waals surface area (Å²) in [7, 11) is 0. The summed E-state index contributed by atoms with van der Waals surface area (Å²) < 4.78 is 6.06. The van der Waals surface area contributed by atoms with Crippen LogP contribution < -0.4 is 5.32 Å². The van der Waals surface area contributed by atoms with E-state index in [1.807, 2.05) is 0 Å². The molecule has 2 aliphatic rings. The van der Waals surface area contributed by atoms with Gasteiger partial charge in [-0.1, -0.05) is 0 Å². The van der Waals surface area contributed by atoms with Crippen molar-refractivity contribution in [2.24, 2.45) is 5.92 Å². The molecule has 20 heavy (non-hydrogen) atoms. The number of likely N-dealkylation sites (tertiary alicyclic amines) is 1. The van der Waals surface area contributed by atoms with Crippen molar-refractivity contribution < 1.29 is 14.6 Å². The van der Waals surface area contributed by atoms with Crippen molar-refractivity contribution in [3.8, 4) is 0 Å². The zero-order chi connectivity index (χ0) is 14.6. The van der Waals surface area contributed by atoms with E-state index in [9.17, 15) is 4.79 Å². The van der Waals surface area contributed by atoms with Crippen LogP contribution in [0.4, 0.5) is 0 Å². The first-order chi connectivity index (χ1) is 9.44. The van der Waals surface area contributed by atoms with Crippen molar-refractivity contribution in [1.29, 1.82) is 0 Å². The first kappa shape index (κ1) is 15.7. The maximum Gasteiger partial charge on any atom is 0.317 e. The Bertz CT molecular complexity index is 333. The van der Waals surface area contributed by atoms with Gasteiger partial charge in [-0.15, -0.1) is 0 Å². The summed E-state index contributed by atoms with van der Waals surface area (Å²) in [6, 6.07) is 0. The first-order valence-corrected chi connectivity index (χ1v) is 7.77. The molecular formula is C15H28N2O3. The molecule has 2 fully saturated rings. The van der Waals surface area contributed by atoms with Gasteiger partial charge in [-0.2, -0.15) is 0 Å². The van der Waals surface area contributed by atoms with E-state index in [1.54, 1.807) is 0 Å². The number of rotatable bonds is 6. The number of ether oxygens (including phenoxy) is 1. The molecule has 2 aliphatic heterocycles. The molecule has 0 aromatic rings. The number of nitrogens with zero attached hydrogens (tertiary/aromatic N) is 1. The molecule has 0 aliphatic carbocycles. The van der Waals surface area contributed by atoms with Crippen molar-refractivity contribution in [3.63, 3.8) is 0 Å². The lowest BCUT2D eigenvalue weighted by molar-refractivity contribution is -0.136. The van der Waals surface area contributed by atoms with Gasteiger partial charge in [0, 0.05) is 13.1 Å². The van der Waals surface area contributed by atoms with Gasteiger partial charge in [-0.25, -0.2) is 0 Å². The average Bonchev–Trinajstić information content (AvgIpc) is 2.68. The number of carboxylic acid groups (broad SMARTS) is 1. The molecule has 5 nitrogen and oxygen atoms in total. The van der Waals surface area contributed by atoms with Crippen LogP contribution in [0.1, 0.15) is 39.5 Å². The van der Waals surface area contributed by atoms with Gasteiger partial charge in [0.05, 0.1) is 18.2 Å². The Balaban J connectivity index is 1.69. The van der Waals surface area contributed by atoms with Crippen LogP contribution >= 0.6 is 0 Å². The quantitative estimate of drug-likeness (QED) is 0.770. The maximum atomic E-state index is 10.5. The summed E-state index contributed by atoms with van der Waals surface area (Å²) in [5, 5.41) is 11.7. The number of carbonyl (C=O) groups is 1. The highest BCUT2D eigenvalue weighted by Gasteiger charge is 2.33. The van der Waals surface area contributed by atoms with Crippen molar-refractivity contribution in [2.45, 2.75) is 51.2 Å². The summed E-state index contributed by atoms with van der Waals surface area (Å²) in [5.41, 5.74) is 0.0445. The van der Waals surface area contributed by atoms with Crippen molar-refractivity contribution >= 4 is 5.97 Å². The van der Waals surface area contributed by atoms with E-state index in [-0.39, 0.29) is 12.1 Å². The van der Waals surface area contributed by atoms with E-state index in [2.05, 4.69) is 24.1 Å². The van der Waals surface area contributed by atoms with Crippen LogP contribution in [0.15, 0.2) is 0 Å². The van der Waals surface area contributed by atoms with Crippen molar-refractivity contribution in [1.82, 2.24) is 10.2 Å². The Kier molecular flexibility index (Phi) is 5.41. The predicted octanol–water partition coefficient (Wildman–Crippen LogP) is 1.33. The van der Waals surface area contributed by atoms with Crippen LogP contribution in [-0.4, -0.2) is 60.4 Å². The normalized spacial score (nSPS) is 30.5. The minimum Gasteiger partial charge on any atom is -0.480 e. The molecule has 2 unspecified atom stereocenters. The van der Waals surface area contributed by atoms with E-state index < -0.39 is 5.97 Å². The highest BCUT2D eigenvalue weighted by atomic mass is 16.5. The standard InChI is InChI=1S/C15H28N2O3/c1-15(2)6-5-13(20-15)11-17-7-3-4-12(10-17)8-16-9-14(18)19/h12-13,16H,3-11H2,1-2H3,(H,18,19). The third-order valence-corrected chi connectivity index (χ3v) is 4.33. The molecule has 5 heteroatoms. The summed E-state index contributed by atoms with van der Waals surface area (Å²) in [5.74, 6) is -0.211. The lowest BCUT2D eigenvalue weighted by Gasteiger charge is -2.34. The topological polar surface area (TPSA) is 61.8 Å². The number of piperidine rings is 1. The molecule has 2 atom stereocenters. The van der Waals surface area contributed by atoms with Crippen molar-refractivity contribution in [2.75, 3.05) is 32.7 Å². The molecule has 0 aromatic carbocycles. The zero-order valence-corrected chi connectivity index (χ0v) is 12.7. The van der Waals surface area contributed by atoms with Crippen LogP contribution in [-0.2, 0) is 9.53 Å². The molecule has 2 saturated heterocycles. The summed E-state index contributed by atoms with van der Waals surface area (Å²) >= 11 is 0. The second kappa shape index (κ2) is 6.87. The number of aliphatic carboxylic acids is 1. The van der Waals surface area contributed by atoms with Crippen LogP contribution in [0.2, 0.25) is 0 Å². The fourth-order valence-corrected chi connectivity index (χ4v) is 3.36. The van der Waals surface area contributed by atoms with E-state index >= 15 is 0 Å². The second-order valence-electron chi connectivity index (χ2n) is 6.83. The minimum absolute atomic E-state index is 0.0445. The fourth-order valence-electron chi connectivity index (χ4n) is 3.36. The molecule has 0 aromatic heterocycles. The van der Waals surface area contributed by atoms with Gasteiger partial charge < -0.3 is 20.1 Å². The Morgan fingerprint density at radius 3 is 2.90 bits per heavy atom. The molecule has 0 amide bonds. The number of hydrogen-bond acceptors (Lipinski definition) is 4. The van der Waals surface area contributed by atoms with Gasteiger partial charge in [0.2, 0.25) is 0 Å². The van der Waals surface area contributed by atoms with E-state index in [4.69, 9.17) is 9.84 Å². The van der Waals surface area contributed by atoms with Crippen LogP contribution in [0, 0.1) is 5.92 Å². The Morgan fingerprint density at radius 2 is 2.25 bits per heavy atom. The average molecular weight is 284 g/mol. The lowest BCUT2D eigenvalue weighted by Crippen LogP contribution is -2.43. The molecule has 0 radical (unpaired) electrons. The van der Waals surface area contributed by atoms with Gasteiger partial charge in [-0.05, 0) is 58.5 Å². The van der Waals surface area contributed by atoms with Crippen LogP contribution in [0.3, 0.4) is 0 Å². The van der Waals surface area contributed by atoms with E-state index in [0.717, 1.165) is 39.0 Å². The zero-order valence-electron chi connectivity index (χ0n) is 12.7. The Labute approximate surface area is 121 Å². The predicted molar refractivity (Wildman–Crippen MR) is 77.9 cm³/mol. The fraction of sp³-hybridized carbons (Fsp3) is 0.933. The Hall–Kier alpha value is -0.650. The van der Waals surface area contributed by atoms with Crippen LogP contribution in [0.5, 0.6) is 0 Å². The van der Waals surface area contributed by atoms with Gasteiger partial charge >= 0.3 is 5.97 Å². The first-order valence-electron chi connectivity index (χ1n) is 7.77. The largest absolute Gasteiger partial charge is 0.480 e. The Morgan fingerprint density at radius 1 is 1.45 bits per heavy atom. The molecule has 0 saturated carbocycles. The second-order valence-corrected chi connectivity index (χ2v) is 6.83. The monoisotopic (exact) mass is 284 g/mol. The van der Waals surface area contributed by atoms with Crippen LogP contribution in [0.25, 0.3) is 0 Å². The third kappa shape index (κ3) is 5.04. The molecule has 2 rings (SSSR count). The SMILES string of the molecule is CC1(C)CCC(CN2CCCC(CNCC(=O)O)C2)O1. The number of hydrogen-bond donors (Lipinski definition) is 2. The summed E-state index contributed by atoms with van der Waals surface area (Å²) in [6.45, 7) is 8.45. The van der Waals surface area contributed by atoms with E-state index in [1.165, 1.54) is 12.8 Å². The lowest BCUT2D eigenvalue weighted by atomic mass is 9.97. The van der Waals surface area contributed by atoms with Gasteiger partial charge in [0.25, 0.3) is 0 Å². The maximum absolute atomic E-state index is 10.5. The molecule has 2 heterocycles.